The Morgan fingerprint density at radius 1 is 1.22 bits per heavy atom. The highest BCUT2D eigenvalue weighted by molar-refractivity contribution is 7.15. The molecule has 2 aromatic heterocycles. The first-order valence-corrected chi connectivity index (χ1v) is 8.23. The van der Waals surface area contributed by atoms with E-state index >= 15 is 0 Å². The lowest BCUT2D eigenvalue weighted by Crippen LogP contribution is -2.30. The maximum Gasteiger partial charge on any atom is 0.273 e. The Labute approximate surface area is 139 Å². The van der Waals surface area contributed by atoms with Crippen molar-refractivity contribution in [1.82, 2.24) is 9.88 Å². The zero-order valence-corrected chi connectivity index (χ0v) is 14.1. The molecule has 0 fully saturated rings. The summed E-state index contributed by atoms with van der Waals surface area (Å²) in [5.41, 5.74) is 1.59. The van der Waals surface area contributed by atoms with E-state index in [1.807, 2.05) is 63.4 Å². The fourth-order valence-corrected chi connectivity index (χ4v) is 3.27. The van der Waals surface area contributed by atoms with Gasteiger partial charge in [-0.1, -0.05) is 30.3 Å². The molecule has 0 spiro atoms. The third-order valence-electron chi connectivity index (χ3n) is 3.91. The summed E-state index contributed by atoms with van der Waals surface area (Å²) < 4.78 is 5.37. The van der Waals surface area contributed by atoms with Crippen LogP contribution in [-0.4, -0.2) is 22.8 Å². The summed E-state index contributed by atoms with van der Waals surface area (Å²) in [6, 6.07) is 13.6. The van der Waals surface area contributed by atoms with Gasteiger partial charge in [0.25, 0.3) is 5.91 Å². The smallest absolute Gasteiger partial charge is 0.273 e. The molecule has 0 aliphatic heterocycles. The van der Waals surface area contributed by atoms with Gasteiger partial charge in [0.1, 0.15) is 5.69 Å². The van der Waals surface area contributed by atoms with Crippen molar-refractivity contribution in [3.8, 4) is 10.8 Å². The van der Waals surface area contributed by atoms with Gasteiger partial charge in [0.05, 0.1) is 12.3 Å². The highest BCUT2D eigenvalue weighted by Crippen LogP contribution is 2.29. The molecule has 0 bridgehead atoms. The summed E-state index contributed by atoms with van der Waals surface area (Å²) in [5.74, 6) is 0.615. The second-order valence-electron chi connectivity index (χ2n) is 5.40. The molecule has 0 saturated heterocycles. The van der Waals surface area contributed by atoms with Gasteiger partial charge in [-0.05, 0) is 31.5 Å². The number of thiazole rings is 1. The van der Waals surface area contributed by atoms with E-state index in [1.54, 1.807) is 11.2 Å². The van der Waals surface area contributed by atoms with E-state index in [2.05, 4.69) is 4.98 Å². The van der Waals surface area contributed by atoms with Gasteiger partial charge < -0.3 is 9.32 Å². The predicted molar refractivity (Wildman–Crippen MR) is 91.5 cm³/mol. The van der Waals surface area contributed by atoms with Crippen molar-refractivity contribution in [3.63, 3.8) is 0 Å². The molecule has 0 aliphatic carbocycles. The first-order chi connectivity index (χ1) is 11.1. The van der Waals surface area contributed by atoms with Crippen molar-refractivity contribution in [2.24, 2.45) is 0 Å². The van der Waals surface area contributed by atoms with E-state index in [4.69, 9.17) is 4.42 Å². The number of carbonyl (C=O) groups excluding carboxylic acids is 1. The van der Waals surface area contributed by atoms with Crippen LogP contribution in [0.5, 0.6) is 0 Å². The lowest BCUT2D eigenvalue weighted by Gasteiger charge is -2.24. The minimum atomic E-state index is -0.0760. The summed E-state index contributed by atoms with van der Waals surface area (Å²) in [6.45, 7) is 3.93. The van der Waals surface area contributed by atoms with E-state index in [1.165, 1.54) is 11.3 Å². The number of furan rings is 1. The Morgan fingerprint density at radius 2 is 1.96 bits per heavy atom. The van der Waals surface area contributed by atoms with Gasteiger partial charge in [-0.3, -0.25) is 4.79 Å². The van der Waals surface area contributed by atoms with Crippen molar-refractivity contribution in [3.05, 3.63) is 64.9 Å². The zero-order valence-electron chi connectivity index (χ0n) is 13.3. The minimum absolute atomic E-state index is 0.0168. The maximum atomic E-state index is 12.8. The molecule has 3 rings (SSSR count). The number of hydrogen-bond donors (Lipinski definition) is 0. The van der Waals surface area contributed by atoms with Crippen molar-refractivity contribution in [1.29, 1.82) is 0 Å². The van der Waals surface area contributed by atoms with Crippen LogP contribution >= 0.6 is 11.3 Å². The molecule has 1 atom stereocenters. The molecule has 5 heteroatoms. The predicted octanol–water partition coefficient (Wildman–Crippen LogP) is 4.54. The molecule has 0 radical (unpaired) electrons. The van der Waals surface area contributed by atoms with Crippen LogP contribution in [-0.2, 0) is 0 Å². The van der Waals surface area contributed by atoms with Crippen molar-refractivity contribution >= 4 is 17.2 Å². The molecular weight excluding hydrogens is 308 g/mol. The van der Waals surface area contributed by atoms with Gasteiger partial charge in [-0.15, -0.1) is 11.3 Å². The molecule has 118 valence electrons. The average molecular weight is 326 g/mol. The highest BCUT2D eigenvalue weighted by Gasteiger charge is 2.24. The van der Waals surface area contributed by atoms with Crippen LogP contribution in [0.3, 0.4) is 0 Å². The van der Waals surface area contributed by atoms with E-state index < -0.39 is 0 Å². The number of nitrogens with zero attached hydrogens (tertiary/aromatic N) is 2. The lowest BCUT2D eigenvalue weighted by molar-refractivity contribution is 0.0737. The van der Waals surface area contributed by atoms with Gasteiger partial charge in [0, 0.05) is 11.9 Å². The Morgan fingerprint density at radius 3 is 2.61 bits per heavy atom. The summed E-state index contributed by atoms with van der Waals surface area (Å²) >= 11 is 1.47. The number of amides is 1. The third kappa shape index (κ3) is 3.05. The van der Waals surface area contributed by atoms with E-state index in [0.717, 1.165) is 15.4 Å². The van der Waals surface area contributed by atoms with Crippen molar-refractivity contribution in [2.75, 3.05) is 7.05 Å². The molecular formula is C18H18N2O2S. The number of rotatable bonds is 4. The number of hydrogen-bond acceptors (Lipinski definition) is 4. The Balaban J connectivity index is 1.85. The standard InChI is InChI=1S/C18H18N2O2S/c1-12(14-8-5-4-6-9-14)20(3)18(21)16-13(2)23-17(19-16)15-10-7-11-22-15/h4-12H,1-3H3. The van der Waals surface area contributed by atoms with Crippen LogP contribution in [0.4, 0.5) is 0 Å². The van der Waals surface area contributed by atoms with Crippen molar-refractivity contribution in [2.45, 2.75) is 19.9 Å². The van der Waals surface area contributed by atoms with Crippen LogP contribution in [0.1, 0.15) is 33.9 Å². The van der Waals surface area contributed by atoms with E-state index in [0.29, 0.717) is 11.5 Å². The number of aromatic nitrogens is 1. The van der Waals surface area contributed by atoms with E-state index in [9.17, 15) is 4.79 Å². The Hall–Kier alpha value is -2.40. The normalized spacial score (nSPS) is 12.1. The van der Waals surface area contributed by atoms with Crippen LogP contribution in [0.2, 0.25) is 0 Å². The summed E-state index contributed by atoms with van der Waals surface area (Å²) in [4.78, 5) is 19.9. The van der Waals surface area contributed by atoms with Gasteiger partial charge in [-0.2, -0.15) is 0 Å². The minimum Gasteiger partial charge on any atom is -0.462 e. The molecule has 0 aliphatic rings. The van der Waals surface area contributed by atoms with Gasteiger partial charge in [0.15, 0.2) is 10.8 Å². The van der Waals surface area contributed by atoms with Crippen LogP contribution in [0, 0.1) is 6.92 Å². The number of benzene rings is 1. The fraction of sp³-hybridized carbons (Fsp3) is 0.222. The van der Waals surface area contributed by atoms with Crippen molar-refractivity contribution < 1.29 is 9.21 Å². The molecule has 1 amide bonds. The summed E-state index contributed by atoms with van der Waals surface area (Å²) in [6.07, 6.45) is 1.61. The third-order valence-corrected chi connectivity index (χ3v) is 4.90. The number of carbonyl (C=O) groups is 1. The number of aryl methyl sites for hydroxylation is 1. The SMILES string of the molecule is Cc1sc(-c2ccco2)nc1C(=O)N(C)C(C)c1ccccc1. The first kappa shape index (κ1) is 15.5. The van der Waals surface area contributed by atoms with Gasteiger partial charge in [-0.25, -0.2) is 4.98 Å². The topological polar surface area (TPSA) is 46.3 Å². The Bertz CT molecular complexity index is 794. The van der Waals surface area contributed by atoms with Crippen LogP contribution < -0.4 is 0 Å². The molecule has 0 N–H and O–H groups in total. The zero-order chi connectivity index (χ0) is 16.4. The van der Waals surface area contributed by atoms with Gasteiger partial charge >= 0.3 is 0 Å². The average Bonchev–Trinajstić information content (AvgIpc) is 3.23. The molecule has 4 nitrogen and oxygen atoms in total. The Kier molecular flexibility index (Phi) is 4.30. The highest BCUT2D eigenvalue weighted by atomic mass is 32.1. The second-order valence-corrected chi connectivity index (χ2v) is 6.61. The van der Waals surface area contributed by atoms with Crippen LogP contribution in [0.15, 0.2) is 53.1 Å². The summed E-state index contributed by atoms with van der Waals surface area (Å²) in [5, 5.41) is 0.733. The first-order valence-electron chi connectivity index (χ1n) is 7.41. The molecule has 2 heterocycles. The largest absolute Gasteiger partial charge is 0.462 e. The monoisotopic (exact) mass is 326 g/mol. The van der Waals surface area contributed by atoms with Crippen LogP contribution in [0.25, 0.3) is 10.8 Å². The molecule has 23 heavy (non-hydrogen) atoms. The fourth-order valence-electron chi connectivity index (χ4n) is 2.40. The maximum absolute atomic E-state index is 12.8. The quantitative estimate of drug-likeness (QED) is 0.707. The lowest BCUT2D eigenvalue weighted by atomic mass is 10.1. The second kappa shape index (κ2) is 6.38. The summed E-state index contributed by atoms with van der Waals surface area (Å²) in [7, 11) is 1.81. The molecule has 1 aromatic carbocycles. The molecule has 1 unspecified atom stereocenters. The molecule has 3 aromatic rings. The molecule has 0 saturated carbocycles. The van der Waals surface area contributed by atoms with E-state index in [-0.39, 0.29) is 11.9 Å². The van der Waals surface area contributed by atoms with Gasteiger partial charge in [0.2, 0.25) is 0 Å².